The fourth-order valence-corrected chi connectivity index (χ4v) is 15.0. The van der Waals surface area contributed by atoms with Gasteiger partial charge in [-0.3, -0.25) is 0 Å². The van der Waals surface area contributed by atoms with Crippen LogP contribution in [0.2, 0.25) is 0 Å². The van der Waals surface area contributed by atoms with Crippen molar-refractivity contribution < 1.29 is 0 Å². The van der Waals surface area contributed by atoms with E-state index < -0.39 is 7.38 Å². The molecule has 0 amide bonds. The van der Waals surface area contributed by atoms with Gasteiger partial charge in [-0.15, -0.1) is 11.1 Å². The molecular formula is C60H51ClSi. The van der Waals surface area contributed by atoms with E-state index in [1.165, 1.54) is 116 Å². The minimum absolute atomic E-state index is 1.17. The predicted octanol–water partition coefficient (Wildman–Crippen LogP) is 14.7. The third kappa shape index (κ3) is 7.16. The van der Waals surface area contributed by atoms with Crippen LogP contribution >= 0.6 is 11.1 Å². The molecule has 0 saturated heterocycles. The van der Waals surface area contributed by atoms with Crippen molar-refractivity contribution in [1.82, 2.24) is 0 Å². The molecule has 0 N–H and O–H groups in total. The van der Waals surface area contributed by atoms with Gasteiger partial charge in [0, 0.05) is 0 Å². The maximum absolute atomic E-state index is 9.47. The molecule has 0 aliphatic carbocycles. The van der Waals surface area contributed by atoms with Crippen LogP contribution in [0.15, 0.2) is 200 Å². The second-order valence-corrected chi connectivity index (χ2v) is 21.3. The second kappa shape index (κ2) is 17.1. The first-order chi connectivity index (χ1) is 30.2. The van der Waals surface area contributed by atoms with E-state index in [0.717, 1.165) is 0 Å². The largest absolute Gasteiger partial charge is 0.249 e. The fourth-order valence-electron chi connectivity index (χ4n) is 9.68. The van der Waals surface area contributed by atoms with Crippen LogP contribution in [0.5, 0.6) is 0 Å². The van der Waals surface area contributed by atoms with Crippen LogP contribution in [0.3, 0.4) is 0 Å². The summed E-state index contributed by atoms with van der Waals surface area (Å²) in [6.07, 6.45) is 0. The van der Waals surface area contributed by atoms with E-state index >= 15 is 0 Å². The summed E-state index contributed by atoms with van der Waals surface area (Å²) in [5.74, 6) is 0. The van der Waals surface area contributed by atoms with E-state index in [1.54, 1.807) is 0 Å². The topological polar surface area (TPSA) is 0 Å². The molecule has 0 aliphatic rings. The van der Waals surface area contributed by atoms with Crippen LogP contribution in [-0.4, -0.2) is 7.38 Å². The van der Waals surface area contributed by atoms with E-state index in [9.17, 15) is 11.1 Å². The molecule has 0 heterocycles. The molecule has 0 aliphatic heterocycles. The van der Waals surface area contributed by atoms with Gasteiger partial charge in [0.05, 0.1) is 0 Å². The molecule has 0 unspecified atom stereocenters. The first kappa shape index (κ1) is 40.9. The minimum atomic E-state index is -3.74. The fraction of sp³-hybridized carbons (Fsp3) is 0.100. The summed E-state index contributed by atoms with van der Waals surface area (Å²) in [7, 11) is -3.74. The van der Waals surface area contributed by atoms with Crippen molar-refractivity contribution in [2.24, 2.45) is 0 Å². The quantitative estimate of drug-likeness (QED) is 0.0772. The molecule has 0 atom stereocenters. The average Bonchev–Trinajstić information content (AvgIpc) is 3.32. The van der Waals surface area contributed by atoms with Gasteiger partial charge in [0.25, 0.3) is 0 Å². The van der Waals surface area contributed by atoms with Crippen molar-refractivity contribution in [1.29, 1.82) is 0 Å². The highest BCUT2D eigenvalue weighted by Gasteiger charge is 2.46. The zero-order valence-corrected chi connectivity index (χ0v) is 38.2. The maximum atomic E-state index is 9.47. The van der Waals surface area contributed by atoms with Crippen molar-refractivity contribution in [2.45, 2.75) is 41.5 Å². The molecule has 0 spiro atoms. The number of hydrogen-bond acceptors (Lipinski definition) is 0. The van der Waals surface area contributed by atoms with Gasteiger partial charge in [0.2, 0.25) is 7.38 Å². The highest BCUT2D eigenvalue weighted by atomic mass is 35.6. The summed E-state index contributed by atoms with van der Waals surface area (Å²) in [5.41, 5.74) is 21.8. The summed E-state index contributed by atoms with van der Waals surface area (Å²) in [6.45, 7) is 13.8. The van der Waals surface area contributed by atoms with Crippen molar-refractivity contribution in [3.63, 3.8) is 0 Å². The molecule has 9 aromatic carbocycles. The molecule has 0 bridgehead atoms. The third-order valence-electron chi connectivity index (χ3n) is 13.3. The SMILES string of the molecule is Cc1c(-c2ccccc2)cc([Si](Cl)(c2cc(-c3ccccc3)c(C)c(C)c2-c2ccccc2)c2cc(-c3ccccc3)c(C)c(C)c2-c2ccccc2)c(-c2ccccc2)c1C. The van der Waals surface area contributed by atoms with Gasteiger partial charge in [-0.25, -0.2) is 0 Å². The van der Waals surface area contributed by atoms with Gasteiger partial charge in [0.1, 0.15) is 0 Å². The summed E-state index contributed by atoms with van der Waals surface area (Å²) < 4.78 is 0. The van der Waals surface area contributed by atoms with Crippen molar-refractivity contribution >= 4 is 34.0 Å². The molecule has 2 heteroatoms. The summed E-state index contributed by atoms with van der Waals surface area (Å²) >= 11 is 9.47. The first-order valence-corrected chi connectivity index (χ1v) is 24.6. The Hall–Kier alpha value is -6.51. The zero-order valence-electron chi connectivity index (χ0n) is 36.4. The molecule has 0 fully saturated rings. The van der Waals surface area contributed by atoms with Crippen LogP contribution in [0, 0.1) is 41.5 Å². The van der Waals surface area contributed by atoms with Gasteiger partial charge in [-0.05, 0) is 157 Å². The number of benzene rings is 9. The Labute approximate surface area is 373 Å². The van der Waals surface area contributed by atoms with E-state index in [1.807, 2.05) is 0 Å². The first-order valence-electron chi connectivity index (χ1n) is 21.6. The lowest BCUT2D eigenvalue weighted by Crippen LogP contribution is -2.65. The van der Waals surface area contributed by atoms with Gasteiger partial charge < -0.3 is 0 Å². The Morgan fingerprint density at radius 2 is 0.452 bits per heavy atom. The molecule has 9 rings (SSSR count). The Morgan fingerprint density at radius 1 is 0.258 bits per heavy atom. The predicted molar refractivity (Wildman–Crippen MR) is 271 cm³/mol. The number of halogens is 1. The highest BCUT2D eigenvalue weighted by Crippen LogP contribution is 2.41. The molecular weight excluding hydrogens is 784 g/mol. The third-order valence-corrected chi connectivity index (χ3v) is 18.5. The van der Waals surface area contributed by atoms with Gasteiger partial charge >= 0.3 is 0 Å². The second-order valence-electron chi connectivity index (χ2n) is 16.6. The molecule has 0 nitrogen and oxygen atoms in total. The monoisotopic (exact) mass is 834 g/mol. The lowest BCUT2D eigenvalue weighted by Gasteiger charge is -2.37. The van der Waals surface area contributed by atoms with Crippen LogP contribution in [-0.2, 0) is 0 Å². The molecule has 9 aromatic rings. The van der Waals surface area contributed by atoms with E-state index in [4.69, 9.17) is 0 Å². The van der Waals surface area contributed by atoms with Crippen molar-refractivity contribution in [2.75, 3.05) is 0 Å². The molecule has 302 valence electrons. The van der Waals surface area contributed by atoms with Crippen LogP contribution in [0.25, 0.3) is 66.8 Å². The van der Waals surface area contributed by atoms with E-state index in [2.05, 4.69) is 242 Å². The minimum Gasteiger partial charge on any atom is -0.149 e. The van der Waals surface area contributed by atoms with Crippen molar-refractivity contribution in [3.8, 4) is 66.8 Å². The van der Waals surface area contributed by atoms with Gasteiger partial charge in [-0.2, -0.15) is 0 Å². The van der Waals surface area contributed by atoms with Crippen LogP contribution < -0.4 is 15.6 Å². The standard InChI is InChI=1S/C60H51ClSi/c1-40-43(4)58(49-31-19-10-20-32-49)55(37-52(40)46-25-13-7-14-26-46)62(61,56-38-53(47-27-15-8-16-28-47)41(2)44(5)59(56)50-33-21-11-22-34-50)57-39-54(48-29-17-9-18-30-48)42(3)45(6)60(57)51-35-23-12-24-36-51/h7-39H,1-6H3. The summed E-state index contributed by atoms with van der Waals surface area (Å²) in [6, 6.07) is 73.0. The zero-order chi connectivity index (χ0) is 43.0. The smallest absolute Gasteiger partial charge is 0.149 e. The Bertz CT molecular complexity index is 2700. The summed E-state index contributed by atoms with van der Waals surface area (Å²) in [5, 5.41) is 3.56. The van der Waals surface area contributed by atoms with Crippen molar-refractivity contribution in [3.05, 3.63) is 234 Å². The van der Waals surface area contributed by atoms with Crippen LogP contribution in [0.4, 0.5) is 0 Å². The van der Waals surface area contributed by atoms with Crippen LogP contribution in [0.1, 0.15) is 33.4 Å². The average molecular weight is 836 g/mol. The normalized spacial score (nSPS) is 11.5. The molecule has 0 saturated carbocycles. The highest BCUT2D eigenvalue weighted by molar-refractivity contribution is 7.41. The lowest BCUT2D eigenvalue weighted by molar-refractivity contribution is 1.34. The van der Waals surface area contributed by atoms with E-state index in [0.29, 0.717) is 0 Å². The Kier molecular flexibility index (Phi) is 11.3. The molecule has 0 radical (unpaired) electrons. The molecule has 62 heavy (non-hydrogen) atoms. The van der Waals surface area contributed by atoms with Gasteiger partial charge in [0.15, 0.2) is 0 Å². The number of rotatable bonds is 9. The Morgan fingerprint density at radius 3 is 0.661 bits per heavy atom. The Balaban J connectivity index is 1.57. The molecule has 0 aromatic heterocycles. The van der Waals surface area contributed by atoms with Gasteiger partial charge in [-0.1, -0.05) is 200 Å². The maximum Gasteiger partial charge on any atom is 0.249 e. The lowest BCUT2D eigenvalue weighted by atomic mass is 9.90. The summed E-state index contributed by atoms with van der Waals surface area (Å²) in [4.78, 5) is 0. The van der Waals surface area contributed by atoms with E-state index in [-0.39, 0.29) is 0 Å². The number of hydrogen-bond donors (Lipinski definition) is 0.